The van der Waals surface area contributed by atoms with Crippen LogP contribution < -0.4 is 10.6 Å². The highest BCUT2D eigenvalue weighted by Crippen LogP contribution is 2.13. The van der Waals surface area contributed by atoms with E-state index in [1.807, 2.05) is 26.0 Å². The van der Waals surface area contributed by atoms with Gasteiger partial charge in [-0.3, -0.25) is 4.79 Å². The summed E-state index contributed by atoms with van der Waals surface area (Å²) in [4.78, 5) is 17.4. The number of carbonyl (C=O) groups is 1. The van der Waals surface area contributed by atoms with Gasteiger partial charge in [-0.05, 0) is 19.9 Å². The van der Waals surface area contributed by atoms with Gasteiger partial charge in [-0.15, -0.1) is 0 Å². The Balaban J connectivity index is 2.68. The van der Waals surface area contributed by atoms with Crippen LogP contribution in [0.25, 0.3) is 0 Å². The first-order valence-corrected chi connectivity index (χ1v) is 5.72. The highest BCUT2D eigenvalue weighted by Gasteiger charge is 2.14. The van der Waals surface area contributed by atoms with Crippen molar-refractivity contribution >= 4 is 17.4 Å². The van der Waals surface area contributed by atoms with Crippen molar-refractivity contribution in [3.8, 4) is 0 Å². The van der Waals surface area contributed by atoms with E-state index in [1.54, 1.807) is 25.2 Å². The average molecular weight is 236 g/mol. The van der Waals surface area contributed by atoms with E-state index in [4.69, 9.17) is 0 Å². The molecule has 17 heavy (non-hydrogen) atoms. The van der Waals surface area contributed by atoms with Crippen LogP contribution in [-0.2, 0) is 4.79 Å². The quantitative estimate of drug-likeness (QED) is 0.811. The molecule has 1 unspecified atom stereocenters. The lowest BCUT2D eigenvalue weighted by molar-refractivity contribution is -0.129. The third-order valence-corrected chi connectivity index (χ3v) is 2.31. The number of nitrogens with zero attached hydrogens (tertiary/aromatic N) is 2. The van der Waals surface area contributed by atoms with Gasteiger partial charge in [0.1, 0.15) is 11.9 Å². The third kappa shape index (κ3) is 3.94. The van der Waals surface area contributed by atoms with Gasteiger partial charge in [0.25, 0.3) is 0 Å². The van der Waals surface area contributed by atoms with E-state index in [0.717, 1.165) is 18.1 Å². The first-order valence-electron chi connectivity index (χ1n) is 5.72. The van der Waals surface area contributed by atoms with E-state index < -0.39 is 0 Å². The molecule has 0 radical (unpaired) electrons. The minimum absolute atomic E-state index is 0.0480. The van der Waals surface area contributed by atoms with Gasteiger partial charge in [-0.2, -0.15) is 0 Å². The number of anilines is 2. The number of aromatic nitrogens is 1. The molecule has 0 spiro atoms. The van der Waals surface area contributed by atoms with Crippen LogP contribution in [-0.4, -0.2) is 42.5 Å². The van der Waals surface area contributed by atoms with Crippen LogP contribution in [0.2, 0.25) is 0 Å². The number of hydrogen-bond donors (Lipinski definition) is 2. The Morgan fingerprint density at radius 1 is 1.53 bits per heavy atom. The molecule has 0 aliphatic carbocycles. The third-order valence-electron chi connectivity index (χ3n) is 2.31. The summed E-state index contributed by atoms with van der Waals surface area (Å²) in [6.07, 6.45) is 1.72. The van der Waals surface area contributed by atoms with Gasteiger partial charge in [0.15, 0.2) is 0 Å². The van der Waals surface area contributed by atoms with Crippen LogP contribution >= 0.6 is 0 Å². The highest BCUT2D eigenvalue weighted by atomic mass is 16.2. The lowest BCUT2D eigenvalue weighted by Gasteiger charge is -2.19. The second-order valence-electron chi connectivity index (χ2n) is 4.06. The molecule has 1 heterocycles. The van der Waals surface area contributed by atoms with Crippen molar-refractivity contribution in [2.24, 2.45) is 0 Å². The largest absolute Gasteiger partial charge is 0.374 e. The fourth-order valence-corrected chi connectivity index (χ4v) is 1.50. The van der Waals surface area contributed by atoms with Crippen LogP contribution in [0.4, 0.5) is 11.5 Å². The summed E-state index contributed by atoms with van der Waals surface area (Å²) < 4.78 is 0. The van der Waals surface area contributed by atoms with Gasteiger partial charge in [0.2, 0.25) is 5.91 Å². The number of hydrogen-bond acceptors (Lipinski definition) is 4. The Labute approximate surface area is 102 Å². The molecule has 1 atom stereocenters. The zero-order valence-electron chi connectivity index (χ0n) is 10.8. The molecule has 0 saturated carbocycles. The first-order chi connectivity index (χ1) is 8.04. The van der Waals surface area contributed by atoms with Crippen molar-refractivity contribution in [1.29, 1.82) is 0 Å². The molecular formula is C12H20N4O. The summed E-state index contributed by atoms with van der Waals surface area (Å²) >= 11 is 0. The Morgan fingerprint density at radius 2 is 2.24 bits per heavy atom. The van der Waals surface area contributed by atoms with E-state index in [0.29, 0.717) is 0 Å². The molecule has 5 nitrogen and oxygen atoms in total. The molecule has 0 aromatic carbocycles. The van der Waals surface area contributed by atoms with E-state index in [1.165, 1.54) is 0 Å². The molecule has 1 rings (SSSR count). The molecule has 1 aromatic heterocycles. The number of pyridine rings is 1. The topological polar surface area (TPSA) is 57.3 Å². The normalized spacial score (nSPS) is 11.8. The lowest BCUT2D eigenvalue weighted by atomic mass is 10.2. The monoisotopic (exact) mass is 236 g/mol. The minimum Gasteiger partial charge on any atom is -0.374 e. The summed E-state index contributed by atoms with van der Waals surface area (Å²) in [5.74, 6) is 0.855. The van der Waals surface area contributed by atoms with Crippen LogP contribution in [0.1, 0.15) is 13.8 Å². The van der Waals surface area contributed by atoms with Crippen molar-refractivity contribution in [3.05, 3.63) is 18.3 Å². The summed E-state index contributed by atoms with van der Waals surface area (Å²) in [6, 6.07) is 3.49. The molecule has 1 aromatic rings. The second kappa shape index (κ2) is 6.08. The van der Waals surface area contributed by atoms with Crippen LogP contribution in [0.15, 0.2) is 18.3 Å². The van der Waals surface area contributed by atoms with Crippen molar-refractivity contribution in [2.45, 2.75) is 19.9 Å². The molecule has 1 amide bonds. The van der Waals surface area contributed by atoms with Crippen molar-refractivity contribution < 1.29 is 4.79 Å². The standard InChI is InChI=1S/C12H20N4O/c1-5-13-11-8-10(6-7-14-11)15-9(2)12(17)16(3)4/h6-9H,5H2,1-4H3,(H2,13,14,15). The Hall–Kier alpha value is -1.78. The van der Waals surface area contributed by atoms with Crippen molar-refractivity contribution in [3.63, 3.8) is 0 Å². The molecule has 0 saturated heterocycles. The fourth-order valence-electron chi connectivity index (χ4n) is 1.50. The van der Waals surface area contributed by atoms with Crippen molar-refractivity contribution in [1.82, 2.24) is 9.88 Å². The van der Waals surface area contributed by atoms with E-state index in [9.17, 15) is 4.79 Å². The van der Waals surface area contributed by atoms with Gasteiger partial charge in [-0.25, -0.2) is 4.98 Å². The maximum absolute atomic E-state index is 11.7. The van der Waals surface area contributed by atoms with Crippen molar-refractivity contribution in [2.75, 3.05) is 31.3 Å². The van der Waals surface area contributed by atoms with Gasteiger partial charge in [0, 0.05) is 38.6 Å². The first kappa shape index (κ1) is 13.3. The van der Waals surface area contributed by atoms with E-state index >= 15 is 0 Å². The summed E-state index contributed by atoms with van der Waals surface area (Å²) in [6.45, 7) is 4.68. The predicted octanol–water partition coefficient (Wildman–Crippen LogP) is 1.40. The highest BCUT2D eigenvalue weighted by molar-refractivity contribution is 5.83. The predicted molar refractivity (Wildman–Crippen MR) is 70.2 cm³/mol. The maximum Gasteiger partial charge on any atom is 0.244 e. The molecule has 0 bridgehead atoms. The molecule has 0 aliphatic heterocycles. The number of likely N-dealkylation sites (N-methyl/N-ethyl adjacent to an activating group) is 1. The van der Waals surface area contributed by atoms with Gasteiger partial charge in [0.05, 0.1) is 0 Å². The smallest absolute Gasteiger partial charge is 0.244 e. The SMILES string of the molecule is CCNc1cc(NC(C)C(=O)N(C)C)ccn1. The zero-order chi connectivity index (χ0) is 12.8. The Kier molecular flexibility index (Phi) is 4.75. The fraction of sp³-hybridized carbons (Fsp3) is 0.500. The van der Waals surface area contributed by atoms with E-state index in [2.05, 4.69) is 15.6 Å². The second-order valence-corrected chi connectivity index (χ2v) is 4.06. The Bertz CT molecular complexity index is 379. The summed E-state index contributed by atoms with van der Waals surface area (Å²) in [7, 11) is 3.49. The van der Waals surface area contributed by atoms with Crippen LogP contribution in [0, 0.1) is 0 Å². The molecule has 2 N–H and O–H groups in total. The average Bonchev–Trinajstić information content (AvgIpc) is 2.28. The molecule has 0 aliphatic rings. The number of amides is 1. The maximum atomic E-state index is 11.7. The number of rotatable bonds is 5. The van der Waals surface area contributed by atoms with Gasteiger partial charge < -0.3 is 15.5 Å². The molecule has 94 valence electrons. The van der Waals surface area contributed by atoms with E-state index in [-0.39, 0.29) is 11.9 Å². The molecule has 0 fully saturated rings. The molecule has 5 heteroatoms. The zero-order valence-corrected chi connectivity index (χ0v) is 10.8. The van der Waals surface area contributed by atoms with Gasteiger partial charge in [-0.1, -0.05) is 0 Å². The van der Waals surface area contributed by atoms with Gasteiger partial charge >= 0.3 is 0 Å². The van der Waals surface area contributed by atoms with Crippen LogP contribution in [0.3, 0.4) is 0 Å². The molecular weight excluding hydrogens is 216 g/mol. The van der Waals surface area contributed by atoms with Crippen LogP contribution in [0.5, 0.6) is 0 Å². The lowest BCUT2D eigenvalue weighted by Crippen LogP contribution is -2.36. The minimum atomic E-state index is -0.248. The number of carbonyl (C=O) groups excluding carboxylic acids is 1. The Morgan fingerprint density at radius 3 is 2.82 bits per heavy atom. The summed E-state index contributed by atoms with van der Waals surface area (Å²) in [5.41, 5.74) is 0.888. The number of nitrogens with one attached hydrogen (secondary N) is 2. The summed E-state index contributed by atoms with van der Waals surface area (Å²) in [5, 5.41) is 6.28.